The minimum Gasteiger partial charge on any atom is -0.324 e. The molecule has 0 heterocycles. The number of hydrogen-bond donors (Lipinski definition) is 2. The van der Waals surface area contributed by atoms with Crippen molar-refractivity contribution in [2.45, 2.75) is 13.5 Å². The third-order valence-corrected chi connectivity index (χ3v) is 3.74. The van der Waals surface area contributed by atoms with Crippen molar-refractivity contribution in [1.29, 1.82) is 0 Å². The van der Waals surface area contributed by atoms with Gasteiger partial charge in [-0.3, -0.25) is 4.79 Å². The average molecular weight is 323 g/mol. The molecule has 110 valence electrons. The van der Waals surface area contributed by atoms with Gasteiger partial charge in [0.25, 0.3) is 0 Å². The Labute approximate surface area is 134 Å². The molecule has 0 unspecified atom stereocenters. The van der Waals surface area contributed by atoms with E-state index in [1.165, 1.54) is 5.56 Å². The van der Waals surface area contributed by atoms with Crippen molar-refractivity contribution in [2.75, 3.05) is 11.9 Å². The van der Waals surface area contributed by atoms with Crippen LogP contribution in [0.2, 0.25) is 10.0 Å². The summed E-state index contributed by atoms with van der Waals surface area (Å²) in [6.07, 6.45) is 0. The molecule has 5 heteroatoms. The lowest BCUT2D eigenvalue weighted by atomic mass is 10.1. The second-order valence-electron chi connectivity index (χ2n) is 4.74. The van der Waals surface area contributed by atoms with Gasteiger partial charge < -0.3 is 10.6 Å². The summed E-state index contributed by atoms with van der Waals surface area (Å²) in [5.74, 6) is -0.160. The molecule has 0 atom stereocenters. The molecule has 0 radical (unpaired) electrons. The van der Waals surface area contributed by atoms with Gasteiger partial charge in [0.05, 0.1) is 22.3 Å². The number of amides is 1. The van der Waals surface area contributed by atoms with Crippen LogP contribution in [0.3, 0.4) is 0 Å². The first-order valence-corrected chi connectivity index (χ1v) is 7.32. The van der Waals surface area contributed by atoms with Crippen LogP contribution in [0.25, 0.3) is 0 Å². The van der Waals surface area contributed by atoms with E-state index in [2.05, 4.69) is 16.7 Å². The van der Waals surface area contributed by atoms with E-state index < -0.39 is 0 Å². The molecular weight excluding hydrogens is 307 g/mol. The SMILES string of the molecule is Cc1cccc(CNCC(=O)Nc2cccc(Cl)c2Cl)c1. The molecule has 2 rings (SSSR count). The maximum atomic E-state index is 11.9. The molecule has 0 aliphatic heterocycles. The van der Waals surface area contributed by atoms with Crippen LogP contribution in [0.15, 0.2) is 42.5 Å². The van der Waals surface area contributed by atoms with Gasteiger partial charge in [0.15, 0.2) is 0 Å². The van der Waals surface area contributed by atoms with Gasteiger partial charge >= 0.3 is 0 Å². The van der Waals surface area contributed by atoms with Gasteiger partial charge in [-0.1, -0.05) is 59.1 Å². The van der Waals surface area contributed by atoms with Crippen LogP contribution in [0.5, 0.6) is 0 Å². The van der Waals surface area contributed by atoms with Gasteiger partial charge in [-0.25, -0.2) is 0 Å². The number of carbonyl (C=O) groups is 1. The first-order valence-electron chi connectivity index (χ1n) is 6.56. The average Bonchev–Trinajstić information content (AvgIpc) is 2.44. The molecule has 0 aromatic heterocycles. The van der Waals surface area contributed by atoms with Crippen LogP contribution in [0, 0.1) is 6.92 Å². The Bertz CT molecular complexity index is 644. The fourth-order valence-corrected chi connectivity index (χ4v) is 2.28. The Kier molecular flexibility index (Phi) is 5.62. The Hall–Kier alpha value is -1.55. The number of halogens is 2. The first-order chi connectivity index (χ1) is 10.1. The number of hydrogen-bond acceptors (Lipinski definition) is 2. The summed E-state index contributed by atoms with van der Waals surface area (Å²) in [6, 6.07) is 13.3. The molecule has 2 aromatic rings. The second kappa shape index (κ2) is 7.46. The van der Waals surface area contributed by atoms with Crippen molar-refractivity contribution < 1.29 is 4.79 Å². The summed E-state index contributed by atoms with van der Waals surface area (Å²) in [5.41, 5.74) is 2.86. The predicted molar refractivity (Wildman–Crippen MR) is 88.0 cm³/mol. The lowest BCUT2D eigenvalue weighted by molar-refractivity contribution is -0.115. The zero-order valence-corrected chi connectivity index (χ0v) is 13.1. The summed E-state index contributed by atoms with van der Waals surface area (Å²) >= 11 is 11.9. The maximum absolute atomic E-state index is 11.9. The Morgan fingerprint density at radius 3 is 2.67 bits per heavy atom. The van der Waals surface area contributed by atoms with Gasteiger partial charge in [0.2, 0.25) is 5.91 Å². The van der Waals surface area contributed by atoms with E-state index in [0.29, 0.717) is 22.3 Å². The van der Waals surface area contributed by atoms with Crippen LogP contribution >= 0.6 is 23.2 Å². The molecule has 0 fully saturated rings. The van der Waals surface area contributed by atoms with E-state index >= 15 is 0 Å². The predicted octanol–water partition coefficient (Wildman–Crippen LogP) is 4.03. The molecule has 0 saturated carbocycles. The number of nitrogens with one attached hydrogen (secondary N) is 2. The molecule has 3 nitrogen and oxygen atoms in total. The summed E-state index contributed by atoms with van der Waals surface area (Å²) in [5, 5.41) is 6.60. The molecule has 0 aliphatic rings. The highest BCUT2D eigenvalue weighted by Crippen LogP contribution is 2.29. The van der Waals surface area contributed by atoms with Gasteiger partial charge in [-0.2, -0.15) is 0 Å². The van der Waals surface area contributed by atoms with Crippen LogP contribution < -0.4 is 10.6 Å². The number of rotatable bonds is 5. The lowest BCUT2D eigenvalue weighted by Gasteiger charge is -2.09. The highest BCUT2D eigenvalue weighted by molar-refractivity contribution is 6.43. The normalized spacial score (nSPS) is 10.4. The highest BCUT2D eigenvalue weighted by Gasteiger charge is 2.07. The Morgan fingerprint density at radius 1 is 1.14 bits per heavy atom. The molecule has 0 saturated heterocycles. The zero-order valence-electron chi connectivity index (χ0n) is 11.6. The topological polar surface area (TPSA) is 41.1 Å². The molecule has 2 N–H and O–H groups in total. The number of anilines is 1. The van der Waals surface area contributed by atoms with Gasteiger partial charge in [0.1, 0.15) is 0 Å². The summed E-state index contributed by atoms with van der Waals surface area (Å²) < 4.78 is 0. The van der Waals surface area contributed by atoms with E-state index in [4.69, 9.17) is 23.2 Å². The summed E-state index contributed by atoms with van der Waals surface area (Å²) in [6.45, 7) is 2.88. The van der Waals surface area contributed by atoms with E-state index in [0.717, 1.165) is 5.56 Å². The minimum atomic E-state index is -0.160. The molecule has 2 aromatic carbocycles. The largest absolute Gasteiger partial charge is 0.324 e. The number of aryl methyl sites for hydroxylation is 1. The van der Waals surface area contributed by atoms with E-state index in [-0.39, 0.29) is 12.5 Å². The molecular formula is C16H16Cl2N2O. The summed E-state index contributed by atoms with van der Waals surface area (Å²) in [7, 11) is 0. The van der Waals surface area contributed by atoms with E-state index in [1.807, 2.05) is 25.1 Å². The molecule has 1 amide bonds. The summed E-state index contributed by atoms with van der Waals surface area (Å²) in [4.78, 5) is 11.9. The quantitative estimate of drug-likeness (QED) is 0.872. The maximum Gasteiger partial charge on any atom is 0.238 e. The Balaban J connectivity index is 1.84. The standard InChI is InChI=1S/C16H16Cl2N2O/c1-11-4-2-5-12(8-11)9-19-10-15(21)20-14-7-3-6-13(17)16(14)18/h2-8,19H,9-10H2,1H3,(H,20,21). The second-order valence-corrected chi connectivity index (χ2v) is 5.53. The lowest BCUT2D eigenvalue weighted by Crippen LogP contribution is -2.27. The minimum absolute atomic E-state index is 0.160. The van der Waals surface area contributed by atoms with Crippen molar-refractivity contribution >= 4 is 34.8 Å². The Morgan fingerprint density at radius 2 is 1.90 bits per heavy atom. The van der Waals surface area contributed by atoms with E-state index in [9.17, 15) is 4.79 Å². The molecule has 21 heavy (non-hydrogen) atoms. The van der Waals surface area contributed by atoms with Crippen molar-refractivity contribution in [2.24, 2.45) is 0 Å². The smallest absolute Gasteiger partial charge is 0.238 e. The van der Waals surface area contributed by atoms with Crippen molar-refractivity contribution in [3.05, 3.63) is 63.6 Å². The van der Waals surface area contributed by atoms with Crippen LogP contribution in [-0.4, -0.2) is 12.5 Å². The van der Waals surface area contributed by atoms with Crippen molar-refractivity contribution in [1.82, 2.24) is 5.32 Å². The third-order valence-electron chi connectivity index (χ3n) is 2.92. The molecule has 0 bridgehead atoms. The van der Waals surface area contributed by atoms with Gasteiger partial charge in [0, 0.05) is 6.54 Å². The molecule has 0 aliphatic carbocycles. The van der Waals surface area contributed by atoms with Crippen LogP contribution in [-0.2, 0) is 11.3 Å². The van der Waals surface area contributed by atoms with Crippen LogP contribution in [0.4, 0.5) is 5.69 Å². The fourth-order valence-electron chi connectivity index (χ4n) is 1.94. The number of carbonyl (C=O) groups excluding carboxylic acids is 1. The number of benzene rings is 2. The van der Waals surface area contributed by atoms with Crippen molar-refractivity contribution in [3.63, 3.8) is 0 Å². The van der Waals surface area contributed by atoms with Crippen LogP contribution in [0.1, 0.15) is 11.1 Å². The molecule has 0 spiro atoms. The van der Waals surface area contributed by atoms with Gasteiger partial charge in [-0.15, -0.1) is 0 Å². The fraction of sp³-hybridized carbons (Fsp3) is 0.188. The van der Waals surface area contributed by atoms with E-state index in [1.54, 1.807) is 18.2 Å². The van der Waals surface area contributed by atoms with Gasteiger partial charge in [-0.05, 0) is 24.6 Å². The first kappa shape index (κ1) is 15.8. The zero-order chi connectivity index (χ0) is 15.2. The van der Waals surface area contributed by atoms with Crippen molar-refractivity contribution in [3.8, 4) is 0 Å². The third kappa shape index (κ3) is 4.74. The monoisotopic (exact) mass is 322 g/mol. The highest BCUT2D eigenvalue weighted by atomic mass is 35.5.